The minimum absolute atomic E-state index is 0.0126. The van der Waals surface area contributed by atoms with Crippen LogP contribution in [0.5, 0.6) is 11.5 Å². The molecular formula is C46H68N12O16. The SMILES string of the molecule is CC(C)C[C@H](NC(=O)[C@H](C)NC(=O)[C@H](CO)NC(=O)[C@H](Cc1ccc(O)cc1)NC(=O)CNC(=O)[C@@H](N)Cc1ccc(O)cc1)C(=O)N[C@@H](CCCN=C(N)N)C(=O)N[C@@H](CC(=O)O)C(=O)N[C@H](C(=O)O)[C@@H](C)O. The predicted molar refractivity (Wildman–Crippen MR) is 262 cm³/mol. The molecule has 2 aromatic rings. The molecule has 28 heteroatoms. The molecule has 2 aromatic carbocycles. The summed E-state index contributed by atoms with van der Waals surface area (Å²) in [5.41, 5.74) is 17.8. The fraction of sp³-hybridized carbons (Fsp3) is 0.500. The van der Waals surface area contributed by atoms with Gasteiger partial charge in [0.2, 0.25) is 47.3 Å². The van der Waals surface area contributed by atoms with Crippen molar-refractivity contribution in [2.24, 2.45) is 28.1 Å². The van der Waals surface area contributed by atoms with E-state index in [1.807, 2.05) is 5.32 Å². The van der Waals surface area contributed by atoms with Crippen molar-refractivity contribution in [1.29, 1.82) is 0 Å². The Morgan fingerprint density at radius 1 is 0.595 bits per heavy atom. The molecule has 0 aromatic heterocycles. The van der Waals surface area contributed by atoms with E-state index in [1.54, 1.807) is 26.0 Å². The highest BCUT2D eigenvalue weighted by Crippen LogP contribution is 2.14. The molecule has 20 N–H and O–H groups in total. The number of guanidine groups is 1. The van der Waals surface area contributed by atoms with Crippen LogP contribution in [0.1, 0.15) is 64.5 Å². The molecule has 0 aliphatic heterocycles. The zero-order chi connectivity index (χ0) is 55.8. The number of benzene rings is 2. The van der Waals surface area contributed by atoms with Gasteiger partial charge in [-0.05, 0) is 80.8 Å². The Labute approximate surface area is 425 Å². The number of aliphatic imine (C=N–C) groups is 1. The van der Waals surface area contributed by atoms with Gasteiger partial charge in [0.05, 0.1) is 31.7 Å². The first kappa shape index (κ1) is 62.0. The Hall–Kier alpha value is -8.11. The third-order valence-electron chi connectivity index (χ3n) is 10.7. The lowest BCUT2D eigenvalue weighted by atomic mass is 10.0. The number of aliphatic carboxylic acids is 2. The summed E-state index contributed by atoms with van der Waals surface area (Å²) in [6, 6.07) is -0.936. The third kappa shape index (κ3) is 22.5. The van der Waals surface area contributed by atoms with E-state index < -0.39 is 133 Å². The molecule has 0 saturated heterocycles. The van der Waals surface area contributed by atoms with Gasteiger partial charge < -0.3 is 90.4 Å². The second kappa shape index (κ2) is 30.7. The number of nitrogens with one attached hydrogen (secondary N) is 8. The van der Waals surface area contributed by atoms with Gasteiger partial charge in [-0.1, -0.05) is 38.1 Å². The molecule has 0 aliphatic carbocycles. The van der Waals surface area contributed by atoms with Gasteiger partial charge in [-0.3, -0.25) is 48.1 Å². The molecule has 8 amide bonds. The Morgan fingerprint density at radius 3 is 1.59 bits per heavy atom. The predicted octanol–water partition coefficient (Wildman–Crippen LogP) is -5.23. The molecule has 408 valence electrons. The molecule has 74 heavy (non-hydrogen) atoms. The van der Waals surface area contributed by atoms with E-state index in [9.17, 15) is 78.6 Å². The van der Waals surface area contributed by atoms with E-state index in [4.69, 9.17) is 17.2 Å². The number of phenols is 2. The maximum absolute atomic E-state index is 13.9. The largest absolute Gasteiger partial charge is 0.508 e. The highest BCUT2D eigenvalue weighted by Gasteiger charge is 2.35. The Bertz CT molecular complexity index is 2290. The molecule has 0 unspecified atom stereocenters. The van der Waals surface area contributed by atoms with Gasteiger partial charge in [-0.25, -0.2) is 4.79 Å². The van der Waals surface area contributed by atoms with Gasteiger partial charge in [-0.15, -0.1) is 0 Å². The van der Waals surface area contributed by atoms with Gasteiger partial charge in [0.15, 0.2) is 12.0 Å². The minimum Gasteiger partial charge on any atom is -0.508 e. The number of phenolic OH excluding ortho intramolecular Hbond substituents is 2. The number of carboxylic acid groups (broad SMARTS) is 2. The second-order valence-electron chi connectivity index (χ2n) is 17.6. The summed E-state index contributed by atoms with van der Waals surface area (Å²) in [4.78, 5) is 134. The first-order valence-corrected chi connectivity index (χ1v) is 23.2. The molecule has 0 heterocycles. The highest BCUT2D eigenvalue weighted by atomic mass is 16.4. The number of hydrogen-bond donors (Lipinski definition) is 17. The van der Waals surface area contributed by atoms with Crippen molar-refractivity contribution in [3.05, 3.63) is 59.7 Å². The van der Waals surface area contributed by atoms with Crippen LogP contribution >= 0.6 is 0 Å². The quantitative estimate of drug-likeness (QED) is 0.0191. The summed E-state index contributed by atoms with van der Waals surface area (Å²) in [5.74, 6) is -11.8. The molecule has 0 spiro atoms. The number of carbonyl (C=O) groups is 10. The van der Waals surface area contributed by atoms with E-state index in [1.165, 1.54) is 43.3 Å². The van der Waals surface area contributed by atoms with Crippen LogP contribution in [0.2, 0.25) is 0 Å². The van der Waals surface area contributed by atoms with E-state index in [0.717, 1.165) is 6.92 Å². The summed E-state index contributed by atoms with van der Waals surface area (Å²) in [5, 5.41) is 76.7. The Morgan fingerprint density at radius 2 is 1.08 bits per heavy atom. The number of nitrogens with zero attached hydrogens (tertiary/aromatic N) is 1. The number of rotatable bonds is 31. The molecule has 9 atom stereocenters. The van der Waals surface area contributed by atoms with Crippen LogP contribution in [-0.4, -0.2) is 170 Å². The van der Waals surface area contributed by atoms with Crippen LogP contribution in [0, 0.1) is 5.92 Å². The molecule has 0 saturated carbocycles. The lowest BCUT2D eigenvalue weighted by molar-refractivity contribution is -0.146. The number of aliphatic hydroxyl groups is 2. The number of aliphatic hydroxyl groups excluding tert-OH is 2. The maximum atomic E-state index is 13.9. The Kier molecular flexibility index (Phi) is 25.7. The molecule has 2 rings (SSSR count). The van der Waals surface area contributed by atoms with Crippen LogP contribution in [0.25, 0.3) is 0 Å². The Balaban J connectivity index is 2.23. The van der Waals surface area contributed by atoms with Crippen molar-refractivity contribution < 1.29 is 78.6 Å². The fourth-order valence-corrected chi connectivity index (χ4v) is 6.79. The zero-order valence-electron chi connectivity index (χ0n) is 41.2. The molecule has 0 bridgehead atoms. The van der Waals surface area contributed by atoms with Gasteiger partial charge in [-0.2, -0.15) is 0 Å². The summed E-state index contributed by atoms with van der Waals surface area (Å²) in [7, 11) is 0. The lowest BCUT2D eigenvalue weighted by Crippen LogP contribution is -2.60. The van der Waals surface area contributed by atoms with Gasteiger partial charge in [0.1, 0.15) is 47.8 Å². The maximum Gasteiger partial charge on any atom is 0.328 e. The second-order valence-corrected chi connectivity index (χ2v) is 17.6. The van der Waals surface area contributed by atoms with Crippen molar-refractivity contribution in [3.8, 4) is 11.5 Å². The van der Waals surface area contributed by atoms with Gasteiger partial charge in [0.25, 0.3) is 0 Å². The molecular weight excluding hydrogens is 977 g/mol. The van der Waals surface area contributed by atoms with Crippen molar-refractivity contribution in [2.45, 2.75) is 121 Å². The number of hydrogen-bond acceptors (Lipinski definition) is 16. The number of nitrogens with two attached hydrogens (primary N) is 3. The smallest absolute Gasteiger partial charge is 0.328 e. The monoisotopic (exact) mass is 1040 g/mol. The average molecular weight is 1050 g/mol. The minimum atomic E-state index is -1.90. The van der Waals surface area contributed by atoms with Crippen LogP contribution in [0.15, 0.2) is 53.5 Å². The average Bonchev–Trinajstić information content (AvgIpc) is 3.32. The van der Waals surface area contributed by atoms with Crippen molar-refractivity contribution >= 4 is 65.2 Å². The number of carbonyl (C=O) groups excluding carboxylic acids is 8. The topological polar surface area (TPSA) is 479 Å². The highest BCUT2D eigenvalue weighted by molar-refractivity contribution is 5.98. The lowest BCUT2D eigenvalue weighted by Gasteiger charge is -2.27. The molecule has 0 aliphatic rings. The first-order valence-electron chi connectivity index (χ1n) is 23.2. The van der Waals surface area contributed by atoms with Crippen molar-refractivity contribution in [2.75, 3.05) is 19.7 Å². The zero-order valence-corrected chi connectivity index (χ0v) is 41.2. The number of carboxylic acids is 2. The van der Waals surface area contributed by atoms with E-state index in [2.05, 4.69) is 42.2 Å². The van der Waals surface area contributed by atoms with Crippen molar-refractivity contribution in [3.63, 3.8) is 0 Å². The normalized spacial score (nSPS) is 14.6. The number of amides is 8. The van der Waals surface area contributed by atoms with Crippen molar-refractivity contribution in [1.82, 2.24) is 42.5 Å². The van der Waals surface area contributed by atoms with Gasteiger partial charge >= 0.3 is 11.9 Å². The summed E-state index contributed by atoms with van der Waals surface area (Å²) in [6.45, 7) is 3.97. The van der Waals surface area contributed by atoms with E-state index in [0.29, 0.717) is 11.1 Å². The molecule has 0 radical (unpaired) electrons. The van der Waals surface area contributed by atoms with Crippen LogP contribution in [-0.2, 0) is 60.8 Å². The summed E-state index contributed by atoms with van der Waals surface area (Å²) >= 11 is 0. The standard InChI is InChI=1S/C46H68N12O16/c1-22(2)16-31(41(69)54-30(6-5-15-50-46(48)49)40(68)56-33(19-36(64)65)43(71)58-37(24(4)60)45(73)74)55-38(66)23(3)52-44(72)34(21-59)57-42(70)32(18-26-9-13-28(62)14-10-26)53-35(63)20-51-39(67)29(47)17-25-7-11-27(61)12-8-25/h7-14,22-24,29-34,37,59-62H,5-6,15-21,47H2,1-4H3,(H,51,67)(H,52,72)(H,53,63)(H,54,69)(H,55,66)(H,56,68)(H,57,70)(H,58,71)(H,64,65)(H,73,74)(H4,48,49,50)/t23-,24+,29-,30-,31-,32-,33-,34-,37-/m0/s1. The van der Waals surface area contributed by atoms with Crippen LogP contribution in [0.4, 0.5) is 0 Å². The first-order chi connectivity index (χ1) is 34.7. The summed E-state index contributed by atoms with van der Waals surface area (Å²) in [6.07, 6.45) is -3.07. The molecule has 28 nitrogen and oxygen atoms in total. The van der Waals surface area contributed by atoms with Gasteiger partial charge in [0, 0.05) is 13.0 Å². The third-order valence-corrected chi connectivity index (χ3v) is 10.7. The van der Waals surface area contributed by atoms with Crippen LogP contribution < -0.4 is 59.7 Å². The molecule has 0 fully saturated rings. The summed E-state index contributed by atoms with van der Waals surface area (Å²) < 4.78 is 0. The van der Waals surface area contributed by atoms with E-state index in [-0.39, 0.29) is 62.0 Å². The van der Waals surface area contributed by atoms with E-state index >= 15 is 0 Å². The number of aromatic hydroxyl groups is 2. The van der Waals surface area contributed by atoms with Crippen LogP contribution in [0.3, 0.4) is 0 Å². The fourth-order valence-electron chi connectivity index (χ4n) is 6.79.